The fraction of sp³-hybridized carbons (Fsp3) is 0.435. The molecule has 0 saturated carbocycles. The van der Waals surface area contributed by atoms with Gasteiger partial charge >= 0.3 is 0 Å². The number of fused-ring (bicyclic) bond motifs is 1. The number of nitrogens with zero attached hydrogens (tertiary/aromatic N) is 3. The third-order valence-electron chi connectivity index (χ3n) is 6.19. The summed E-state index contributed by atoms with van der Waals surface area (Å²) in [5, 5.41) is 0. The number of aryl methyl sites for hydroxylation is 2. The molecule has 2 aliphatic heterocycles. The molecule has 1 atom stereocenters. The Morgan fingerprint density at radius 2 is 1.67 bits per heavy atom. The van der Waals surface area contributed by atoms with Gasteiger partial charge in [-0.25, -0.2) is 8.42 Å². The summed E-state index contributed by atoms with van der Waals surface area (Å²) in [5.74, 6) is -0.0144. The molecule has 2 aromatic carbocycles. The van der Waals surface area contributed by atoms with Crippen LogP contribution in [-0.2, 0) is 21.2 Å². The van der Waals surface area contributed by atoms with Crippen molar-refractivity contribution in [2.24, 2.45) is 0 Å². The molecule has 0 bridgehead atoms. The van der Waals surface area contributed by atoms with Gasteiger partial charge in [-0.2, -0.15) is 4.31 Å². The van der Waals surface area contributed by atoms with E-state index in [1.54, 1.807) is 34.3 Å². The normalized spacial score (nSPS) is 19.8. The third-order valence-corrected chi connectivity index (χ3v) is 8.08. The molecule has 30 heavy (non-hydrogen) atoms. The SMILES string of the molecule is CC(=O)N1c2ccc(S(=O)(=O)N3CCN(c4cc(C)ccc4C)CC3)cc2C[C@H]1C. The van der Waals surface area contributed by atoms with Crippen LogP contribution in [0.2, 0.25) is 0 Å². The highest BCUT2D eigenvalue weighted by molar-refractivity contribution is 7.89. The van der Waals surface area contributed by atoms with Gasteiger partial charge in [0.1, 0.15) is 0 Å². The molecule has 160 valence electrons. The van der Waals surface area contributed by atoms with Crippen LogP contribution in [0.15, 0.2) is 41.3 Å². The van der Waals surface area contributed by atoms with Crippen LogP contribution in [0.5, 0.6) is 0 Å². The molecule has 0 radical (unpaired) electrons. The predicted octanol–water partition coefficient (Wildman–Crippen LogP) is 3.11. The smallest absolute Gasteiger partial charge is 0.243 e. The van der Waals surface area contributed by atoms with E-state index in [9.17, 15) is 13.2 Å². The Balaban J connectivity index is 1.53. The molecular formula is C23H29N3O3S. The molecule has 2 aromatic rings. The van der Waals surface area contributed by atoms with Crippen LogP contribution in [0.1, 0.15) is 30.5 Å². The molecule has 2 heterocycles. The summed E-state index contributed by atoms with van der Waals surface area (Å²) in [6.45, 7) is 9.96. The second kappa shape index (κ2) is 7.71. The van der Waals surface area contributed by atoms with E-state index >= 15 is 0 Å². The van der Waals surface area contributed by atoms with E-state index in [1.165, 1.54) is 16.8 Å². The lowest BCUT2D eigenvalue weighted by Gasteiger charge is -2.36. The molecule has 0 unspecified atom stereocenters. The van der Waals surface area contributed by atoms with Crippen molar-refractivity contribution in [1.82, 2.24) is 4.31 Å². The number of benzene rings is 2. The molecule has 0 spiro atoms. The lowest BCUT2D eigenvalue weighted by Crippen LogP contribution is -2.48. The van der Waals surface area contributed by atoms with Crippen molar-refractivity contribution in [1.29, 1.82) is 0 Å². The Bertz CT molecular complexity index is 1090. The summed E-state index contributed by atoms with van der Waals surface area (Å²) in [6.07, 6.45) is 0.679. The summed E-state index contributed by atoms with van der Waals surface area (Å²) in [4.78, 5) is 16.3. The molecule has 7 heteroatoms. The van der Waals surface area contributed by atoms with Crippen molar-refractivity contribution in [2.45, 2.75) is 45.1 Å². The van der Waals surface area contributed by atoms with E-state index in [0.29, 0.717) is 37.5 Å². The molecule has 1 saturated heterocycles. The van der Waals surface area contributed by atoms with Gasteiger partial charge in [0.15, 0.2) is 0 Å². The Morgan fingerprint density at radius 1 is 0.967 bits per heavy atom. The van der Waals surface area contributed by atoms with Crippen molar-refractivity contribution in [2.75, 3.05) is 36.0 Å². The minimum atomic E-state index is -3.56. The molecular weight excluding hydrogens is 398 g/mol. The van der Waals surface area contributed by atoms with Crippen LogP contribution in [0.4, 0.5) is 11.4 Å². The maximum Gasteiger partial charge on any atom is 0.243 e. The number of amides is 1. The fourth-order valence-corrected chi connectivity index (χ4v) is 6.10. The predicted molar refractivity (Wildman–Crippen MR) is 120 cm³/mol. The van der Waals surface area contributed by atoms with Gasteiger partial charge in [0.05, 0.1) is 4.90 Å². The number of anilines is 2. The summed E-state index contributed by atoms with van der Waals surface area (Å²) < 4.78 is 28.1. The van der Waals surface area contributed by atoms with E-state index in [2.05, 4.69) is 36.9 Å². The molecule has 1 amide bonds. The lowest BCUT2D eigenvalue weighted by molar-refractivity contribution is -0.116. The Hall–Kier alpha value is -2.38. The second-order valence-electron chi connectivity index (χ2n) is 8.41. The third kappa shape index (κ3) is 3.61. The highest BCUT2D eigenvalue weighted by Gasteiger charge is 2.33. The molecule has 2 aliphatic rings. The quantitative estimate of drug-likeness (QED) is 0.755. The lowest BCUT2D eigenvalue weighted by atomic mass is 10.1. The molecule has 0 N–H and O–H groups in total. The number of piperazine rings is 1. The minimum Gasteiger partial charge on any atom is -0.369 e. The molecule has 4 rings (SSSR count). The summed E-state index contributed by atoms with van der Waals surface area (Å²) in [7, 11) is -3.56. The second-order valence-corrected chi connectivity index (χ2v) is 10.4. The van der Waals surface area contributed by atoms with Gasteiger partial charge in [0, 0.05) is 50.5 Å². The van der Waals surface area contributed by atoms with Crippen LogP contribution < -0.4 is 9.80 Å². The summed E-state index contributed by atoms with van der Waals surface area (Å²) in [6, 6.07) is 11.6. The molecule has 6 nitrogen and oxygen atoms in total. The summed E-state index contributed by atoms with van der Waals surface area (Å²) in [5.41, 5.74) is 5.35. The highest BCUT2D eigenvalue weighted by atomic mass is 32.2. The first-order valence-electron chi connectivity index (χ1n) is 10.4. The Morgan fingerprint density at radius 3 is 2.33 bits per heavy atom. The van der Waals surface area contributed by atoms with E-state index in [4.69, 9.17) is 0 Å². The van der Waals surface area contributed by atoms with E-state index in [-0.39, 0.29) is 11.9 Å². The van der Waals surface area contributed by atoms with Crippen LogP contribution in [0.3, 0.4) is 0 Å². The number of carbonyl (C=O) groups is 1. The molecule has 1 fully saturated rings. The van der Waals surface area contributed by atoms with Crippen molar-refractivity contribution in [3.63, 3.8) is 0 Å². The maximum atomic E-state index is 13.3. The first-order valence-corrected chi connectivity index (χ1v) is 11.9. The Kier molecular flexibility index (Phi) is 5.36. The van der Waals surface area contributed by atoms with Crippen molar-refractivity contribution < 1.29 is 13.2 Å². The van der Waals surface area contributed by atoms with E-state index in [0.717, 1.165) is 11.3 Å². The first-order chi connectivity index (χ1) is 14.2. The van der Waals surface area contributed by atoms with Gasteiger partial charge in [0.25, 0.3) is 0 Å². The maximum absolute atomic E-state index is 13.3. The van der Waals surface area contributed by atoms with Crippen molar-refractivity contribution in [3.05, 3.63) is 53.1 Å². The largest absolute Gasteiger partial charge is 0.369 e. The number of rotatable bonds is 3. The van der Waals surface area contributed by atoms with E-state index in [1.807, 2.05) is 6.92 Å². The average molecular weight is 428 g/mol. The fourth-order valence-electron chi connectivity index (χ4n) is 4.63. The van der Waals surface area contributed by atoms with Gasteiger partial charge in [-0.05, 0) is 68.1 Å². The number of sulfonamides is 1. The van der Waals surface area contributed by atoms with Gasteiger partial charge < -0.3 is 9.80 Å². The zero-order valence-corrected chi connectivity index (χ0v) is 18.9. The highest BCUT2D eigenvalue weighted by Crippen LogP contribution is 2.35. The van der Waals surface area contributed by atoms with Crippen LogP contribution in [-0.4, -0.2) is 50.9 Å². The first kappa shape index (κ1) is 20.9. The van der Waals surface area contributed by atoms with Crippen LogP contribution in [0, 0.1) is 13.8 Å². The number of carbonyl (C=O) groups excluding carboxylic acids is 1. The molecule has 0 aliphatic carbocycles. The van der Waals surface area contributed by atoms with Crippen molar-refractivity contribution >= 4 is 27.3 Å². The van der Waals surface area contributed by atoms with Crippen LogP contribution in [0.25, 0.3) is 0 Å². The zero-order chi connectivity index (χ0) is 21.6. The van der Waals surface area contributed by atoms with Gasteiger partial charge in [-0.3, -0.25) is 4.79 Å². The van der Waals surface area contributed by atoms with E-state index < -0.39 is 10.0 Å². The standard InChI is InChI=1S/C23H29N3O3S/c1-16-5-6-17(2)23(13-16)24-9-11-25(12-10-24)30(28,29)21-7-8-22-20(15-21)14-18(3)26(22)19(4)27/h5-8,13,15,18H,9-12,14H2,1-4H3/t18-/m1/s1. The summed E-state index contributed by atoms with van der Waals surface area (Å²) >= 11 is 0. The zero-order valence-electron chi connectivity index (χ0n) is 18.1. The monoisotopic (exact) mass is 427 g/mol. The van der Waals surface area contributed by atoms with Crippen molar-refractivity contribution in [3.8, 4) is 0 Å². The number of hydrogen-bond acceptors (Lipinski definition) is 4. The number of hydrogen-bond donors (Lipinski definition) is 0. The average Bonchev–Trinajstić information content (AvgIpc) is 3.05. The molecule has 0 aromatic heterocycles. The van der Waals surface area contributed by atoms with Gasteiger partial charge in [0.2, 0.25) is 15.9 Å². The minimum absolute atomic E-state index is 0.0144. The topological polar surface area (TPSA) is 60.9 Å². The van der Waals surface area contributed by atoms with Crippen LogP contribution >= 0.6 is 0 Å². The van der Waals surface area contributed by atoms with Gasteiger partial charge in [-0.15, -0.1) is 0 Å². The van der Waals surface area contributed by atoms with Gasteiger partial charge in [-0.1, -0.05) is 12.1 Å². The Labute approximate surface area is 179 Å².